The first-order valence-corrected chi connectivity index (χ1v) is 10.6. The van der Waals surface area contributed by atoms with Crippen molar-refractivity contribution in [1.29, 1.82) is 0 Å². The van der Waals surface area contributed by atoms with Crippen molar-refractivity contribution in [2.24, 2.45) is 5.10 Å². The van der Waals surface area contributed by atoms with Crippen LogP contribution < -0.4 is 4.83 Å². The fourth-order valence-corrected chi connectivity index (χ4v) is 3.47. The molecule has 0 radical (unpaired) electrons. The van der Waals surface area contributed by atoms with Crippen LogP contribution in [0.3, 0.4) is 0 Å². The fraction of sp³-hybridized carbons (Fsp3) is 0.562. The molecular formula is C16H25IN2O2S. The van der Waals surface area contributed by atoms with E-state index >= 15 is 0 Å². The summed E-state index contributed by atoms with van der Waals surface area (Å²) in [6.07, 6.45) is 9.27. The second kappa shape index (κ2) is 11.0. The largest absolute Gasteiger partial charge is 0.247 e. The van der Waals surface area contributed by atoms with Crippen LogP contribution in [-0.2, 0) is 10.0 Å². The van der Waals surface area contributed by atoms with Gasteiger partial charge in [0.2, 0.25) is 10.0 Å². The van der Waals surface area contributed by atoms with Crippen molar-refractivity contribution >= 4 is 38.8 Å². The van der Waals surface area contributed by atoms with Gasteiger partial charge in [-0.25, -0.2) is 13.2 Å². The first kappa shape index (κ1) is 19.4. The topological polar surface area (TPSA) is 58.5 Å². The molecule has 0 fully saturated rings. The Kier molecular flexibility index (Phi) is 9.70. The molecule has 0 aliphatic heterocycles. The minimum Gasteiger partial charge on any atom is -0.205 e. The summed E-state index contributed by atoms with van der Waals surface area (Å²) in [5.41, 5.74) is 0.904. The number of rotatable bonds is 11. The summed E-state index contributed by atoms with van der Waals surface area (Å²) in [5, 5.41) is 3.85. The molecule has 0 atom stereocenters. The molecule has 0 unspecified atom stereocenters. The zero-order valence-corrected chi connectivity index (χ0v) is 16.1. The Morgan fingerprint density at radius 1 is 1.09 bits per heavy atom. The highest BCUT2D eigenvalue weighted by atomic mass is 127. The van der Waals surface area contributed by atoms with Gasteiger partial charge in [0, 0.05) is 9.13 Å². The molecule has 0 saturated heterocycles. The Morgan fingerprint density at radius 2 is 1.73 bits per heavy atom. The number of sulfonamides is 1. The minimum absolute atomic E-state index is 0.143. The highest BCUT2D eigenvalue weighted by Gasteiger charge is 2.07. The lowest BCUT2D eigenvalue weighted by Gasteiger charge is -2.04. The van der Waals surface area contributed by atoms with Gasteiger partial charge < -0.3 is 0 Å². The maximum Gasteiger partial charge on any atom is 0.247 e. The first-order chi connectivity index (χ1) is 10.5. The van der Waals surface area contributed by atoms with E-state index in [0.717, 1.165) is 22.0 Å². The van der Waals surface area contributed by atoms with Gasteiger partial charge in [-0.2, -0.15) is 5.10 Å². The van der Waals surface area contributed by atoms with Gasteiger partial charge in [0.25, 0.3) is 0 Å². The predicted molar refractivity (Wildman–Crippen MR) is 102 cm³/mol. The zero-order chi connectivity index (χ0) is 16.3. The second-order valence-electron chi connectivity index (χ2n) is 5.31. The molecule has 4 nitrogen and oxygen atoms in total. The third kappa shape index (κ3) is 8.73. The second-order valence-corrected chi connectivity index (χ2v) is 8.29. The van der Waals surface area contributed by atoms with Crippen molar-refractivity contribution in [2.75, 3.05) is 5.75 Å². The average Bonchev–Trinajstić information content (AvgIpc) is 2.48. The maximum atomic E-state index is 11.8. The van der Waals surface area contributed by atoms with Gasteiger partial charge in [0.1, 0.15) is 0 Å². The maximum absolute atomic E-state index is 11.8. The Bertz CT molecular complexity index is 559. The third-order valence-corrected chi connectivity index (χ3v) is 5.51. The normalized spacial score (nSPS) is 11.9. The molecule has 124 valence electrons. The molecule has 0 aliphatic carbocycles. The van der Waals surface area contributed by atoms with Gasteiger partial charge in [-0.05, 0) is 35.1 Å². The molecule has 0 saturated carbocycles. The summed E-state index contributed by atoms with van der Waals surface area (Å²) in [6.45, 7) is 2.19. The van der Waals surface area contributed by atoms with E-state index in [4.69, 9.17) is 0 Å². The van der Waals surface area contributed by atoms with Crippen LogP contribution in [0.5, 0.6) is 0 Å². The Hall–Kier alpha value is -0.630. The molecule has 0 heterocycles. The number of unbranched alkanes of at least 4 members (excludes halogenated alkanes) is 6. The summed E-state index contributed by atoms with van der Waals surface area (Å²) in [7, 11) is -3.31. The summed E-state index contributed by atoms with van der Waals surface area (Å²) in [6, 6.07) is 7.69. The van der Waals surface area contributed by atoms with Gasteiger partial charge in [-0.15, -0.1) is 0 Å². The fourth-order valence-electron chi connectivity index (χ4n) is 2.05. The molecule has 0 aliphatic rings. The number of hydrogen-bond donors (Lipinski definition) is 1. The highest BCUT2D eigenvalue weighted by Crippen LogP contribution is 2.09. The summed E-state index contributed by atoms with van der Waals surface area (Å²) >= 11 is 2.19. The number of nitrogens with one attached hydrogen (secondary N) is 1. The summed E-state index contributed by atoms with van der Waals surface area (Å²) in [4.78, 5) is 2.28. The van der Waals surface area contributed by atoms with E-state index in [1.54, 1.807) is 6.21 Å². The van der Waals surface area contributed by atoms with Crippen LogP contribution in [0.4, 0.5) is 0 Å². The van der Waals surface area contributed by atoms with Gasteiger partial charge in [0.15, 0.2) is 0 Å². The van der Waals surface area contributed by atoms with Crippen LogP contribution in [0.1, 0.15) is 57.4 Å². The molecule has 0 amide bonds. The average molecular weight is 436 g/mol. The van der Waals surface area contributed by atoms with Crippen molar-refractivity contribution in [1.82, 2.24) is 4.83 Å². The molecule has 1 aromatic rings. The SMILES string of the molecule is CCCCCCCCCS(=O)(=O)N/N=C\c1ccccc1I. The quantitative estimate of drug-likeness (QED) is 0.244. The Labute approximate surface area is 148 Å². The van der Waals surface area contributed by atoms with E-state index < -0.39 is 10.0 Å². The van der Waals surface area contributed by atoms with Crippen molar-refractivity contribution in [3.63, 3.8) is 0 Å². The lowest BCUT2D eigenvalue weighted by atomic mass is 10.1. The third-order valence-electron chi connectivity index (χ3n) is 3.32. The van der Waals surface area contributed by atoms with Crippen molar-refractivity contribution < 1.29 is 8.42 Å². The van der Waals surface area contributed by atoms with Crippen LogP contribution in [-0.4, -0.2) is 20.4 Å². The van der Waals surface area contributed by atoms with Crippen molar-refractivity contribution in [3.8, 4) is 0 Å². The molecule has 0 aromatic heterocycles. The van der Waals surface area contributed by atoms with Crippen LogP contribution in [0.15, 0.2) is 29.4 Å². The Balaban J connectivity index is 2.25. The molecule has 6 heteroatoms. The number of hydrazone groups is 1. The van der Waals surface area contributed by atoms with Crippen molar-refractivity contribution in [2.45, 2.75) is 51.9 Å². The smallest absolute Gasteiger partial charge is 0.205 e. The van der Waals surface area contributed by atoms with E-state index in [-0.39, 0.29) is 5.75 Å². The van der Waals surface area contributed by atoms with Gasteiger partial charge in [0.05, 0.1) is 12.0 Å². The van der Waals surface area contributed by atoms with Crippen LogP contribution in [0, 0.1) is 3.57 Å². The van der Waals surface area contributed by atoms with Gasteiger partial charge >= 0.3 is 0 Å². The van der Waals surface area contributed by atoms with Crippen LogP contribution in [0.2, 0.25) is 0 Å². The number of hydrogen-bond acceptors (Lipinski definition) is 3. The number of nitrogens with zero attached hydrogens (tertiary/aromatic N) is 1. The molecule has 1 aromatic carbocycles. The molecule has 1 rings (SSSR count). The van der Waals surface area contributed by atoms with Crippen LogP contribution >= 0.6 is 22.6 Å². The zero-order valence-electron chi connectivity index (χ0n) is 13.1. The molecule has 0 spiro atoms. The molecule has 0 bridgehead atoms. The monoisotopic (exact) mass is 436 g/mol. The predicted octanol–water partition coefficient (Wildman–Crippen LogP) is 4.30. The lowest BCUT2D eigenvalue weighted by Crippen LogP contribution is -2.21. The lowest BCUT2D eigenvalue weighted by molar-refractivity contribution is 0.570. The van der Waals surface area contributed by atoms with Crippen molar-refractivity contribution in [3.05, 3.63) is 33.4 Å². The summed E-state index contributed by atoms with van der Waals surface area (Å²) < 4.78 is 24.7. The molecular weight excluding hydrogens is 411 g/mol. The summed E-state index contributed by atoms with van der Waals surface area (Å²) in [5.74, 6) is 0.143. The van der Waals surface area contributed by atoms with E-state index in [2.05, 4.69) is 39.4 Å². The molecule has 22 heavy (non-hydrogen) atoms. The highest BCUT2D eigenvalue weighted by molar-refractivity contribution is 14.1. The van der Waals surface area contributed by atoms with E-state index in [0.29, 0.717) is 6.42 Å². The van der Waals surface area contributed by atoms with Gasteiger partial charge in [-0.1, -0.05) is 63.6 Å². The Morgan fingerprint density at radius 3 is 2.41 bits per heavy atom. The number of halogens is 1. The van der Waals surface area contributed by atoms with Crippen LogP contribution in [0.25, 0.3) is 0 Å². The minimum atomic E-state index is -3.31. The standard InChI is InChI=1S/C16H25IN2O2S/c1-2-3-4-5-6-7-10-13-22(20,21)19-18-14-15-11-8-9-12-16(15)17/h8-9,11-12,14,19H,2-7,10,13H2,1H3/b18-14-. The number of benzene rings is 1. The molecule has 1 N–H and O–H groups in total. The van der Waals surface area contributed by atoms with E-state index in [1.165, 1.54) is 25.7 Å². The van der Waals surface area contributed by atoms with E-state index in [9.17, 15) is 8.42 Å². The van der Waals surface area contributed by atoms with Gasteiger partial charge in [-0.3, -0.25) is 0 Å². The van der Waals surface area contributed by atoms with E-state index in [1.807, 2.05) is 24.3 Å². The first-order valence-electron chi connectivity index (χ1n) is 7.82.